The molecule has 1 aliphatic heterocycles. The van der Waals surface area contributed by atoms with Gasteiger partial charge in [0, 0.05) is 5.02 Å². The smallest absolute Gasteiger partial charge is 0.222 e. The number of hydrogen-bond donors (Lipinski definition) is 1. The summed E-state index contributed by atoms with van der Waals surface area (Å²) in [7, 11) is 1.68. The quantitative estimate of drug-likeness (QED) is 0.780. The van der Waals surface area contributed by atoms with Crippen molar-refractivity contribution < 1.29 is 4.74 Å². The molecule has 2 aromatic carbocycles. The van der Waals surface area contributed by atoms with Gasteiger partial charge >= 0.3 is 0 Å². The number of benzene rings is 2. The van der Waals surface area contributed by atoms with Gasteiger partial charge in [-0.1, -0.05) is 35.9 Å². The van der Waals surface area contributed by atoms with E-state index in [0.717, 1.165) is 34.3 Å². The van der Waals surface area contributed by atoms with E-state index in [4.69, 9.17) is 16.3 Å². The first-order chi connectivity index (χ1) is 11.7. The lowest BCUT2D eigenvalue weighted by molar-refractivity contribution is 0.410. The first kappa shape index (κ1) is 15.0. The third-order valence-corrected chi connectivity index (χ3v) is 4.60. The summed E-state index contributed by atoms with van der Waals surface area (Å²) in [6.45, 7) is 0. The van der Waals surface area contributed by atoms with Crippen molar-refractivity contribution in [2.45, 2.75) is 18.5 Å². The minimum atomic E-state index is 0.0821. The lowest BCUT2D eigenvalue weighted by Crippen LogP contribution is -2.28. The molecular weight excluding hydrogens is 324 g/mol. The van der Waals surface area contributed by atoms with E-state index in [1.54, 1.807) is 13.4 Å². The summed E-state index contributed by atoms with van der Waals surface area (Å²) in [5, 5.41) is 8.57. The largest absolute Gasteiger partial charge is 0.497 e. The van der Waals surface area contributed by atoms with Crippen molar-refractivity contribution in [2.75, 3.05) is 12.4 Å². The third kappa shape index (κ3) is 2.71. The molecule has 0 radical (unpaired) electrons. The van der Waals surface area contributed by atoms with Crippen LogP contribution < -0.4 is 10.1 Å². The Morgan fingerprint density at radius 2 is 2.00 bits per heavy atom. The van der Waals surface area contributed by atoms with Crippen LogP contribution in [-0.4, -0.2) is 21.9 Å². The average Bonchev–Trinajstić information content (AvgIpc) is 3.09. The van der Waals surface area contributed by atoms with Crippen LogP contribution in [0.5, 0.6) is 5.75 Å². The molecule has 4 rings (SSSR count). The molecule has 1 aromatic heterocycles. The molecular formula is C18H17ClN4O. The van der Waals surface area contributed by atoms with Crippen LogP contribution in [0.25, 0.3) is 0 Å². The molecule has 24 heavy (non-hydrogen) atoms. The van der Waals surface area contributed by atoms with Gasteiger partial charge in [-0.3, -0.25) is 0 Å². The molecule has 0 saturated carbocycles. The Balaban J connectivity index is 1.73. The number of nitrogens with one attached hydrogen (secondary N) is 1. The molecule has 0 fully saturated rings. The van der Waals surface area contributed by atoms with Crippen molar-refractivity contribution in [3.63, 3.8) is 0 Å². The number of nitrogens with zero attached hydrogens (tertiary/aromatic N) is 3. The van der Waals surface area contributed by atoms with Gasteiger partial charge in [-0.05, 0) is 41.8 Å². The number of hydrogen-bond acceptors (Lipinski definition) is 4. The lowest BCUT2D eigenvalue weighted by atomic mass is 9.93. The van der Waals surface area contributed by atoms with Crippen molar-refractivity contribution in [2.24, 2.45) is 0 Å². The third-order valence-electron chi connectivity index (χ3n) is 4.36. The van der Waals surface area contributed by atoms with E-state index in [-0.39, 0.29) is 12.1 Å². The van der Waals surface area contributed by atoms with Crippen molar-refractivity contribution in [3.8, 4) is 5.75 Å². The topological polar surface area (TPSA) is 52.0 Å². The Kier molecular flexibility index (Phi) is 3.86. The van der Waals surface area contributed by atoms with E-state index in [1.165, 1.54) is 0 Å². The molecule has 1 aliphatic rings. The van der Waals surface area contributed by atoms with Crippen LogP contribution in [0.2, 0.25) is 5.02 Å². The highest BCUT2D eigenvalue weighted by Crippen LogP contribution is 2.38. The fourth-order valence-electron chi connectivity index (χ4n) is 3.19. The Hall–Kier alpha value is -2.53. The molecule has 2 atom stereocenters. The fraction of sp³-hybridized carbons (Fsp3) is 0.222. The molecule has 2 heterocycles. The van der Waals surface area contributed by atoms with Gasteiger partial charge in [0.1, 0.15) is 12.1 Å². The van der Waals surface area contributed by atoms with E-state index in [1.807, 2.05) is 35.0 Å². The van der Waals surface area contributed by atoms with Gasteiger partial charge < -0.3 is 10.1 Å². The van der Waals surface area contributed by atoms with Crippen molar-refractivity contribution in [1.29, 1.82) is 0 Å². The zero-order valence-electron chi connectivity index (χ0n) is 13.2. The molecule has 0 unspecified atom stereocenters. The van der Waals surface area contributed by atoms with Crippen molar-refractivity contribution in [1.82, 2.24) is 14.8 Å². The number of anilines is 1. The second-order valence-electron chi connectivity index (χ2n) is 5.81. The minimum Gasteiger partial charge on any atom is -0.497 e. The monoisotopic (exact) mass is 340 g/mol. The van der Waals surface area contributed by atoms with Gasteiger partial charge in [0.2, 0.25) is 5.95 Å². The molecule has 0 spiro atoms. The summed E-state index contributed by atoms with van der Waals surface area (Å²) in [6.07, 6.45) is 2.43. The van der Waals surface area contributed by atoms with Crippen LogP contribution in [-0.2, 0) is 0 Å². The SMILES string of the molecule is COc1cccc([C@@H]2C[C@@H](c3cccc(Cl)c3)n3ncnc3N2)c1. The number of halogens is 1. The maximum atomic E-state index is 6.18. The molecule has 0 saturated heterocycles. The predicted octanol–water partition coefficient (Wildman–Crippen LogP) is 4.09. The Bertz CT molecular complexity index is 863. The van der Waals surface area contributed by atoms with Crippen LogP contribution in [0.4, 0.5) is 5.95 Å². The summed E-state index contributed by atoms with van der Waals surface area (Å²) in [4.78, 5) is 4.35. The van der Waals surface area contributed by atoms with Crippen molar-refractivity contribution in [3.05, 3.63) is 71.0 Å². The standard InChI is InChI=1S/C18H17ClN4O/c1-24-15-7-3-4-12(9-15)16-10-17(13-5-2-6-14(19)8-13)23-18(22-16)20-11-21-23/h2-9,11,16-17H,10H2,1H3,(H,20,21,22)/t16-,17-/m0/s1. The lowest BCUT2D eigenvalue weighted by Gasteiger charge is -2.32. The molecule has 5 nitrogen and oxygen atoms in total. The Morgan fingerprint density at radius 3 is 2.83 bits per heavy atom. The van der Waals surface area contributed by atoms with E-state index < -0.39 is 0 Å². The van der Waals surface area contributed by atoms with Crippen molar-refractivity contribution >= 4 is 17.5 Å². The maximum Gasteiger partial charge on any atom is 0.222 e. The van der Waals surface area contributed by atoms with Gasteiger partial charge in [0.05, 0.1) is 19.2 Å². The number of methoxy groups -OCH3 is 1. The summed E-state index contributed by atoms with van der Waals surface area (Å²) in [5.74, 6) is 1.61. The molecule has 6 heteroatoms. The second kappa shape index (κ2) is 6.17. The van der Waals surface area contributed by atoms with Gasteiger partial charge in [-0.25, -0.2) is 4.68 Å². The second-order valence-corrected chi connectivity index (χ2v) is 6.24. The van der Waals surface area contributed by atoms with Gasteiger partial charge in [-0.2, -0.15) is 10.1 Å². The normalized spacial score (nSPS) is 19.4. The first-order valence-corrected chi connectivity index (χ1v) is 8.18. The van der Waals surface area contributed by atoms with Gasteiger partial charge in [0.25, 0.3) is 0 Å². The van der Waals surface area contributed by atoms with Crippen LogP contribution in [0.15, 0.2) is 54.9 Å². The Morgan fingerprint density at radius 1 is 1.17 bits per heavy atom. The molecule has 0 aliphatic carbocycles. The van der Waals surface area contributed by atoms with Gasteiger partial charge in [-0.15, -0.1) is 0 Å². The zero-order valence-corrected chi connectivity index (χ0v) is 13.9. The molecule has 0 amide bonds. The number of fused-ring (bicyclic) bond motifs is 1. The van der Waals surface area contributed by atoms with E-state index in [0.29, 0.717) is 0 Å². The van der Waals surface area contributed by atoms with E-state index in [9.17, 15) is 0 Å². The zero-order chi connectivity index (χ0) is 16.5. The summed E-state index contributed by atoms with van der Waals surface area (Å²) < 4.78 is 7.27. The van der Waals surface area contributed by atoms with Crippen LogP contribution in [0, 0.1) is 0 Å². The van der Waals surface area contributed by atoms with Crippen LogP contribution in [0.1, 0.15) is 29.6 Å². The molecule has 0 bridgehead atoms. The fourth-order valence-corrected chi connectivity index (χ4v) is 3.39. The highest BCUT2D eigenvalue weighted by molar-refractivity contribution is 6.30. The van der Waals surface area contributed by atoms with Crippen LogP contribution in [0.3, 0.4) is 0 Å². The minimum absolute atomic E-state index is 0.0821. The molecule has 122 valence electrons. The number of aromatic nitrogens is 3. The maximum absolute atomic E-state index is 6.18. The van der Waals surface area contributed by atoms with Gasteiger partial charge in [0.15, 0.2) is 0 Å². The van der Waals surface area contributed by atoms with E-state index in [2.05, 4.69) is 33.6 Å². The molecule has 3 aromatic rings. The Labute approximate surface area is 145 Å². The molecule has 1 N–H and O–H groups in total. The summed E-state index contributed by atoms with van der Waals surface area (Å²) in [6, 6.07) is 16.2. The predicted molar refractivity (Wildman–Crippen MR) is 93.6 cm³/mol. The summed E-state index contributed by atoms with van der Waals surface area (Å²) in [5.41, 5.74) is 2.29. The highest BCUT2D eigenvalue weighted by atomic mass is 35.5. The highest BCUT2D eigenvalue weighted by Gasteiger charge is 2.30. The number of ether oxygens (including phenoxy) is 1. The first-order valence-electron chi connectivity index (χ1n) is 7.80. The van der Waals surface area contributed by atoms with E-state index >= 15 is 0 Å². The number of rotatable bonds is 3. The van der Waals surface area contributed by atoms with Crippen LogP contribution >= 0.6 is 11.6 Å². The summed E-state index contributed by atoms with van der Waals surface area (Å²) >= 11 is 6.18. The average molecular weight is 341 g/mol.